The van der Waals surface area contributed by atoms with Crippen LogP contribution in [0.2, 0.25) is 0 Å². The van der Waals surface area contributed by atoms with Crippen LogP contribution >= 0.6 is 0 Å². The number of nitrogens with two attached hydrogens (primary N) is 1. The maximum absolute atomic E-state index is 6.02. The molecule has 0 aromatic carbocycles. The highest BCUT2D eigenvalue weighted by Crippen LogP contribution is 2.25. The van der Waals surface area contributed by atoms with E-state index < -0.39 is 0 Å². The Morgan fingerprint density at radius 2 is 2.16 bits per heavy atom. The lowest BCUT2D eigenvalue weighted by atomic mass is 10.1. The van der Waals surface area contributed by atoms with E-state index in [4.69, 9.17) is 10.5 Å². The first kappa shape index (κ1) is 15.2. The van der Waals surface area contributed by atoms with Gasteiger partial charge in [0.15, 0.2) is 0 Å². The fourth-order valence-corrected chi connectivity index (χ4v) is 3.72. The zero-order valence-corrected chi connectivity index (χ0v) is 12.8. The van der Waals surface area contributed by atoms with E-state index >= 15 is 0 Å². The van der Waals surface area contributed by atoms with Crippen molar-refractivity contribution in [1.29, 1.82) is 0 Å². The topological polar surface area (TPSA) is 41.7 Å². The molecule has 0 radical (unpaired) electrons. The van der Waals surface area contributed by atoms with Crippen molar-refractivity contribution in [2.75, 3.05) is 33.2 Å². The van der Waals surface area contributed by atoms with E-state index in [1.165, 1.54) is 32.4 Å². The predicted molar refractivity (Wildman–Crippen MR) is 79.3 cm³/mol. The van der Waals surface area contributed by atoms with Crippen molar-refractivity contribution < 1.29 is 4.74 Å². The normalized spacial score (nSPS) is 34.3. The molecule has 2 aliphatic rings. The van der Waals surface area contributed by atoms with Crippen LogP contribution in [0, 0.1) is 0 Å². The fraction of sp³-hybridized carbons (Fsp3) is 1.00. The van der Waals surface area contributed by atoms with Gasteiger partial charge in [0, 0.05) is 25.2 Å². The maximum Gasteiger partial charge on any atom is 0.0746 e. The molecule has 2 fully saturated rings. The van der Waals surface area contributed by atoms with Gasteiger partial charge in [-0.05, 0) is 52.7 Å². The molecule has 2 heterocycles. The van der Waals surface area contributed by atoms with Crippen molar-refractivity contribution in [3.05, 3.63) is 0 Å². The Hall–Kier alpha value is -0.160. The molecule has 0 amide bonds. The molecule has 4 heteroatoms. The molecule has 0 bridgehead atoms. The molecule has 4 atom stereocenters. The Bertz CT molecular complexity index is 274. The van der Waals surface area contributed by atoms with Gasteiger partial charge in [0.05, 0.1) is 12.2 Å². The summed E-state index contributed by atoms with van der Waals surface area (Å²) >= 11 is 0. The maximum atomic E-state index is 6.02. The first-order valence-electron chi connectivity index (χ1n) is 7.95. The standard InChI is InChI=1S/C15H31N3O/c1-4-18-9-5-6-13(18)11-17(3)14(10-16)15-8-7-12(2)19-15/h12-15H,4-11,16H2,1-3H3. The van der Waals surface area contributed by atoms with Crippen LogP contribution in [0.25, 0.3) is 0 Å². The largest absolute Gasteiger partial charge is 0.374 e. The number of hydrogen-bond donors (Lipinski definition) is 1. The first-order chi connectivity index (χ1) is 9.15. The van der Waals surface area contributed by atoms with Crippen LogP contribution in [0.5, 0.6) is 0 Å². The molecule has 2 aliphatic heterocycles. The summed E-state index contributed by atoms with van der Waals surface area (Å²) in [6.07, 6.45) is 5.76. The predicted octanol–water partition coefficient (Wildman–Crippen LogP) is 1.30. The number of likely N-dealkylation sites (tertiary alicyclic amines) is 1. The molecule has 112 valence electrons. The second kappa shape index (κ2) is 7.02. The van der Waals surface area contributed by atoms with Crippen molar-refractivity contribution in [3.63, 3.8) is 0 Å². The second-order valence-corrected chi connectivity index (χ2v) is 6.23. The average Bonchev–Trinajstić information content (AvgIpc) is 2.99. The van der Waals surface area contributed by atoms with Crippen LogP contribution in [0.4, 0.5) is 0 Å². The molecule has 4 nitrogen and oxygen atoms in total. The number of likely N-dealkylation sites (N-methyl/N-ethyl adjacent to an activating group) is 2. The van der Waals surface area contributed by atoms with Gasteiger partial charge in [-0.25, -0.2) is 0 Å². The lowest BCUT2D eigenvalue weighted by Crippen LogP contribution is -2.50. The Morgan fingerprint density at radius 3 is 2.74 bits per heavy atom. The summed E-state index contributed by atoms with van der Waals surface area (Å²) < 4.78 is 6.02. The third kappa shape index (κ3) is 3.69. The number of ether oxygens (including phenoxy) is 1. The molecule has 0 aliphatic carbocycles. The van der Waals surface area contributed by atoms with Crippen LogP contribution in [-0.4, -0.2) is 67.3 Å². The second-order valence-electron chi connectivity index (χ2n) is 6.23. The summed E-state index contributed by atoms with van der Waals surface area (Å²) in [6, 6.07) is 1.09. The molecular weight excluding hydrogens is 238 g/mol. The van der Waals surface area contributed by atoms with Gasteiger partial charge in [0.1, 0.15) is 0 Å². The lowest BCUT2D eigenvalue weighted by molar-refractivity contribution is -0.00206. The van der Waals surface area contributed by atoms with Gasteiger partial charge in [-0.3, -0.25) is 9.80 Å². The number of hydrogen-bond acceptors (Lipinski definition) is 4. The third-order valence-electron chi connectivity index (χ3n) is 4.91. The highest BCUT2D eigenvalue weighted by molar-refractivity contribution is 4.88. The van der Waals surface area contributed by atoms with Gasteiger partial charge in [0.2, 0.25) is 0 Å². The molecule has 19 heavy (non-hydrogen) atoms. The van der Waals surface area contributed by atoms with Crippen LogP contribution in [0.3, 0.4) is 0 Å². The molecule has 0 saturated carbocycles. The van der Waals surface area contributed by atoms with Crippen molar-refractivity contribution >= 4 is 0 Å². The minimum Gasteiger partial charge on any atom is -0.374 e. The minimum absolute atomic E-state index is 0.335. The molecule has 4 unspecified atom stereocenters. The van der Waals surface area contributed by atoms with Crippen LogP contribution in [-0.2, 0) is 4.74 Å². The van der Waals surface area contributed by atoms with Crippen LogP contribution in [0.15, 0.2) is 0 Å². The number of rotatable bonds is 6. The van der Waals surface area contributed by atoms with Crippen molar-refractivity contribution in [2.24, 2.45) is 5.73 Å². The summed E-state index contributed by atoms with van der Waals surface area (Å²) in [5.74, 6) is 0. The number of nitrogens with zero attached hydrogens (tertiary/aromatic N) is 2. The van der Waals surface area contributed by atoms with E-state index in [2.05, 4.69) is 30.7 Å². The molecule has 0 aromatic heterocycles. The zero-order chi connectivity index (χ0) is 13.8. The molecule has 2 N–H and O–H groups in total. The summed E-state index contributed by atoms with van der Waals surface area (Å²) in [5, 5.41) is 0. The highest BCUT2D eigenvalue weighted by Gasteiger charge is 2.33. The van der Waals surface area contributed by atoms with Gasteiger partial charge < -0.3 is 10.5 Å². The van der Waals surface area contributed by atoms with E-state index in [0.717, 1.165) is 13.0 Å². The Kier molecular flexibility index (Phi) is 5.63. The van der Waals surface area contributed by atoms with Gasteiger partial charge in [-0.2, -0.15) is 0 Å². The zero-order valence-electron chi connectivity index (χ0n) is 12.8. The van der Waals surface area contributed by atoms with E-state index in [9.17, 15) is 0 Å². The molecule has 2 rings (SSSR count). The first-order valence-corrected chi connectivity index (χ1v) is 7.95. The lowest BCUT2D eigenvalue weighted by Gasteiger charge is -2.35. The van der Waals surface area contributed by atoms with Gasteiger partial charge in [0.25, 0.3) is 0 Å². The van der Waals surface area contributed by atoms with Crippen molar-refractivity contribution in [1.82, 2.24) is 9.80 Å². The summed E-state index contributed by atoms with van der Waals surface area (Å²) in [4.78, 5) is 5.05. The van der Waals surface area contributed by atoms with Gasteiger partial charge in [-0.1, -0.05) is 6.92 Å². The van der Waals surface area contributed by atoms with Crippen LogP contribution in [0.1, 0.15) is 39.5 Å². The fourth-order valence-electron chi connectivity index (χ4n) is 3.72. The quantitative estimate of drug-likeness (QED) is 0.789. The van der Waals surface area contributed by atoms with Gasteiger partial charge >= 0.3 is 0 Å². The van der Waals surface area contributed by atoms with Gasteiger partial charge in [-0.15, -0.1) is 0 Å². The van der Waals surface area contributed by atoms with E-state index in [0.29, 0.717) is 30.8 Å². The Morgan fingerprint density at radius 1 is 1.37 bits per heavy atom. The summed E-state index contributed by atoms with van der Waals surface area (Å²) in [5.41, 5.74) is 6.01. The van der Waals surface area contributed by atoms with Crippen LogP contribution < -0.4 is 5.73 Å². The Balaban J connectivity index is 1.87. The van der Waals surface area contributed by atoms with E-state index in [1.54, 1.807) is 0 Å². The molecule has 2 saturated heterocycles. The molecular formula is C15H31N3O. The third-order valence-corrected chi connectivity index (χ3v) is 4.91. The minimum atomic E-state index is 0.335. The van der Waals surface area contributed by atoms with E-state index in [1.807, 2.05) is 0 Å². The van der Waals surface area contributed by atoms with Crippen molar-refractivity contribution in [3.8, 4) is 0 Å². The molecule has 0 aromatic rings. The smallest absolute Gasteiger partial charge is 0.0746 e. The summed E-state index contributed by atoms with van der Waals surface area (Å²) in [7, 11) is 2.22. The summed E-state index contributed by atoms with van der Waals surface area (Å²) in [6.45, 7) is 8.70. The Labute approximate surface area is 118 Å². The average molecular weight is 269 g/mol. The monoisotopic (exact) mass is 269 g/mol. The molecule has 0 spiro atoms. The van der Waals surface area contributed by atoms with Crippen molar-refractivity contribution in [2.45, 2.75) is 63.8 Å². The highest BCUT2D eigenvalue weighted by atomic mass is 16.5. The van der Waals surface area contributed by atoms with E-state index in [-0.39, 0.29) is 0 Å². The SMILES string of the molecule is CCN1CCCC1CN(C)C(CN)C1CCC(C)O1.